The molecule has 0 N–H and O–H groups in total. The molecule has 1 aromatic carbocycles. The number of unbranched alkanes of at least 4 members (excludes halogenated alkanes) is 13. The van der Waals surface area contributed by atoms with Gasteiger partial charge in [0, 0.05) is 0 Å². The van der Waals surface area contributed by atoms with Gasteiger partial charge in [0.25, 0.3) is 0 Å². The highest BCUT2D eigenvalue weighted by atomic mass is 16.6. The van der Waals surface area contributed by atoms with Crippen LogP contribution in [0.4, 0.5) is 0 Å². The molecule has 1 aromatic rings. The fourth-order valence-electron chi connectivity index (χ4n) is 3.19. The summed E-state index contributed by atoms with van der Waals surface area (Å²) in [6.07, 6.45) is 22.3. The van der Waals surface area contributed by atoms with Crippen LogP contribution in [0.1, 0.15) is 103 Å². The van der Waals surface area contributed by atoms with E-state index in [1.807, 2.05) is 36.4 Å². The Kier molecular flexibility index (Phi) is 16.0. The van der Waals surface area contributed by atoms with Crippen molar-refractivity contribution in [3.8, 4) is 0 Å². The van der Waals surface area contributed by atoms with E-state index in [0.717, 1.165) is 6.61 Å². The maximum Gasteiger partial charge on any atom is 0.0810 e. The van der Waals surface area contributed by atoms with E-state index in [2.05, 4.69) is 6.92 Å². The third-order valence-electron chi connectivity index (χ3n) is 4.95. The van der Waals surface area contributed by atoms with Crippen LogP contribution in [0.5, 0.6) is 0 Å². The first kappa shape index (κ1) is 22.2. The molecule has 25 heavy (non-hydrogen) atoms. The van der Waals surface area contributed by atoms with Gasteiger partial charge < -0.3 is 4.74 Å². The molecule has 1 saturated heterocycles. The molecule has 1 heteroatoms. The number of rotatable bonds is 15. The lowest BCUT2D eigenvalue weighted by Gasteiger charge is -2.03. The van der Waals surface area contributed by atoms with Gasteiger partial charge in [0.1, 0.15) is 0 Å². The van der Waals surface area contributed by atoms with Crippen molar-refractivity contribution >= 4 is 0 Å². The Bertz CT molecular complexity index is 318. The van der Waals surface area contributed by atoms with Gasteiger partial charge in [-0.2, -0.15) is 0 Å². The van der Waals surface area contributed by atoms with Crippen LogP contribution in [0.25, 0.3) is 0 Å². The van der Waals surface area contributed by atoms with Gasteiger partial charge in [0.2, 0.25) is 0 Å². The Morgan fingerprint density at radius 3 is 1.20 bits per heavy atom. The van der Waals surface area contributed by atoms with Gasteiger partial charge in [-0.15, -0.1) is 0 Å². The summed E-state index contributed by atoms with van der Waals surface area (Å²) in [4.78, 5) is 0. The molecule has 0 aliphatic carbocycles. The summed E-state index contributed by atoms with van der Waals surface area (Å²) >= 11 is 0. The highest BCUT2D eigenvalue weighted by Gasteiger charge is 2.20. The fraction of sp³-hybridized carbons (Fsp3) is 0.750. The number of epoxide rings is 1. The first-order valence-electron chi connectivity index (χ1n) is 11.0. The van der Waals surface area contributed by atoms with E-state index in [1.54, 1.807) is 0 Å². The Hall–Kier alpha value is -0.820. The molecule has 0 saturated carbocycles. The molecule has 1 aliphatic heterocycles. The van der Waals surface area contributed by atoms with E-state index in [4.69, 9.17) is 4.74 Å². The minimum atomic E-state index is 0.650. The molecule has 1 aliphatic rings. The Morgan fingerprint density at radius 1 is 0.560 bits per heavy atom. The van der Waals surface area contributed by atoms with Crippen molar-refractivity contribution in [2.45, 2.75) is 109 Å². The molecule has 0 spiro atoms. The summed E-state index contributed by atoms with van der Waals surface area (Å²) in [7, 11) is 0. The molecule has 144 valence electrons. The topological polar surface area (TPSA) is 12.5 Å². The van der Waals surface area contributed by atoms with Crippen LogP contribution in [0.3, 0.4) is 0 Å². The number of benzene rings is 1. The van der Waals surface area contributed by atoms with Crippen LogP contribution in [0.15, 0.2) is 36.4 Å². The van der Waals surface area contributed by atoms with Gasteiger partial charge in [-0.25, -0.2) is 0 Å². The molecule has 1 heterocycles. The molecule has 0 aromatic heterocycles. The highest BCUT2D eigenvalue weighted by Crippen LogP contribution is 2.18. The first-order valence-corrected chi connectivity index (χ1v) is 11.0. The van der Waals surface area contributed by atoms with Crippen molar-refractivity contribution < 1.29 is 4.74 Å². The second-order valence-electron chi connectivity index (χ2n) is 7.49. The normalized spacial score (nSPS) is 15.5. The van der Waals surface area contributed by atoms with E-state index in [9.17, 15) is 0 Å². The Balaban J connectivity index is 0.000000435. The second kappa shape index (κ2) is 18.0. The molecule has 1 nitrogen and oxygen atoms in total. The standard InChI is InChI=1S/C18H36O.C6H6/c1-2-3-4-5-6-7-8-9-10-11-12-13-14-15-16-18-17-19-18;1-2-4-6-5-3-1/h18H,2-17H2,1H3;1-6H. The maximum absolute atomic E-state index is 5.22. The van der Waals surface area contributed by atoms with E-state index in [-0.39, 0.29) is 0 Å². The monoisotopic (exact) mass is 346 g/mol. The van der Waals surface area contributed by atoms with Crippen LogP contribution < -0.4 is 0 Å². The van der Waals surface area contributed by atoms with Crippen molar-refractivity contribution in [1.29, 1.82) is 0 Å². The number of ether oxygens (including phenoxy) is 1. The van der Waals surface area contributed by atoms with Crippen molar-refractivity contribution in [3.05, 3.63) is 36.4 Å². The Labute approximate surface area is 157 Å². The lowest BCUT2D eigenvalue weighted by atomic mass is 10.0. The van der Waals surface area contributed by atoms with Gasteiger partial charge >= 0.3 is 0 Å². The SMILES string of the molecule is CCCCCCCCCCCCCCCCC1CO1.c1ccccc1. The van der Waals surface area contributed by atoms with Gasteiger partial charge in [0.15, 0.2) is 0 Å². The van der Waals surface area contributed by atoms with Crippen LogP contribution in [-0.2, 0) is 4.74 Å². The zero-order valence-corrected chi connectivity index (χ0v) is 16.8. The second-order valence-corrected chi connectivity index (χ2v) is 7.49. The minimum Gasteiger partial charge on any atom is -0.373 e. The smallest absolute Gasteiger partial charge is 0.0810 e. The number of hydrogen-bond donors (Lipinski definition) is 0. The average molecular weight is 347 g/mol. The summed E-state index contributed by atoms with van der Waals surface area (Å²) in [5, 5.41) is 0. The number of hydrogen-bond acceptors (Lipinski definition) is 1. The van der Waals surface area contributed by atoms with Crippen LogP contribution in [0, 0.1) is 0 Å². The van der Waals surface area contributed by atoms with Crippen LogP contribution in [0.2, 0.25) is 0 Å². The fourth-order valence-corrected chi connectivity index (χ4v) is 3.19. The molecule has 1 unspecified atom stereocenters. The van der Waals surface area contributed by atoms with Gasteiger partial charge in [-0.05, 0) is 6.42 Å². The van der Waals surface area contributed by atoms with Crippen LogP contribution >= 0.6 is 0 Å². The average Bonchev–Trinajstić information content (AvgIpc) is 3.48. The van der Waals surface area contributed by atoms with Gasteiger partial charge in [0.05, 0.1) is 12.7 Å². The Morgan fingerprint density at radius 2 is 0.880 bits per heavy atom. The van der Waals surface area contributed by atoms with Gasteiger partial charge in [-0.3, -0.25) is 0 Å². The van der Waals surface area contributed by atoms with Crippen molar-refractivity contribution in [3.63, 3.8) is 0 Å². The molecule has 0 amide bonds. The summed E-state index contributed by atoms with van der Waals surface area (Å²) in [6, 6.07) is 12.0. The molecule has 1 fully saturated rings. The largest absolute Gasteiger partial charge is 0.373 e. The predicted octanol–water partition coefficient (Wildman–Crippen LogP) is 7.94. The van der Waals surface area contributed by atoms with E-state index in [0.29, 0.717) is 6.10 Å². The molecule has 1 atom stereocenters. The van der Waals surface area contributed by atoms with E-state index in [1.165, 1.54) is 96.3 Å². The molecule has 0 bridgehead atoms. The third kappa shape index (κ3) is 17.8. The molecule has 0 radical (unpaired) electrons. The molecular weight excluding hydrogens is 304 g/mol. The highest BCUT2D eigenvalue weighted by molar-refractivity contribution is 4.99. The zero-order chi connectivity index (χ0) is 17.8. The van der Waals surface area contributed by atoms with Gasteiger partial charge in [-0.1, -0.05) is 133 Å². The predicted molar refractivity (Wildman–Crippen MR) is 111 cm³/mol. The van der Waals surface area contributed by atoms with E-state index >= 15 is 0 Å². The third-order valence-corrected chi connectivity index (χ3v) is 4.95. The van der Waals surface area contributed by atoms with Crippen molar-refractivity contribution in [2.24, 2.45) is 0 Å². The van der Waals surface area contributed by atoms with Crippen molar-refractivity contribution in [1.82, 2.24) is 0 Å². The maximum atomic E-state index is 5.22. The zero-order valence-electron chi connectivity index (χ0n) is 16.8. The lowest BCUT2D eigenvalue weighted by molar-refractivity contribution is 0.387. The summed E-state index contributed by atoms with van der Waals surface area (Å²) < 4.78 is 5.22. The van der Waals surface area contributed by atoms with Crippen molar-refractivity contribution in [2.75, 3.05) is 6.61 Å². The van der Waals surface area contributed by atoms with E-state index < -0.39 is 0 Å². The first-order chi connectivity index (χ1) is 12.4. The van der Waals surface area contributed by atoms with Crippen LogP contribution in [-0.4, -0.2) is 12.7 Å². The minimum absolute atomic E-state index is 0.650. The summed E-state index contributed by atoms with van der Waals surface area (Å²) in [5.74, 6) is 0. The summed E-state index contributed by atoms with van der Waals surface area (Å²) in [6.45, 7) is 3.33. The molecular formula is C24H42O. The molecule has 2 rings (SSSR count). The quantitative estimate of drug-likeness (QED) is 0.232. The summed E-state index contributed by atoms with van der Waals surface area (Å²) in [5.41, 5.74) is 0. The lowest BCUT2D eigenvalue weighted by Crippen LogP contribution is -1.86.